The third-order valence-electron chi connectivity index (χ3n) is 6.77. The van der Waals surface area contributed by atoms with E-state index in [0.717, 1.165) is 14.6 Å². The Morgan fingerprint density at radius 1 is 1.00 bits per heavy atom. The molecule has 5 rings (SSSR count). The summed E-state index contributed by atoms with van der Waals surface area (Å²) in [6, 6.07) is 4.65. The van der Waals surface area contributed by atoms with Crippen LogP contribution >= 0.6 is 0 Å². The molecule has 0 nitrogen and oxygen atoms in total. The topological polar surface area (TPSA) is 0 Å². The average molecular weight is 358 g/mol. The molecule has 0 saturated heterocycles. The fourth-order valence-electron chi connectivity index (χ4n) is 5.19. The molecule has 2 aliphatic heterocycles. The quantitative estimate of drug-likeness (QED) is 0.665. The van der Waals surface area contributed by atoms with E-state index in [1.54, 1.807) is 0 Å². The zero-order valence-corrected chi connectivity index (χ0v) is 17.0. The fourth-order valence-corrected chi connectivity index (χ4v) is 5.19. The van der Waals surface area contributed by atoms with E-state index in [2.05, 4.69) is 82.5 Å². The van der Waals surface area contributed by atoms with Crippen LogP contribution in [0.5, 0.6) is 0 Å². The first kappa shape index (κ1) is 17.4. The number of fused-ring (bicyclic) bond motifs is 6. The second kappa shape index (κ2) is 5.88. The minimum atomic E-state index is -0.0457. The molecule has 2 aliphatic carbocycles. The van der Waals surface area contributed by atoms with Gasteiger partial charge in [0.25, 0.3) is 0 Å². The molecule has 0 unspecified atom stereocenters. The molecule has 0 fully saturated rings. The molecular weight excluding hydrogens is 334 g/mol. The van der Waals surface area contributed by atoms with E-state index in [1.165, 1.54) is 60.9 Å². The van der Waals surface area contributed by atoms with Gasteiger partial charge in [-0.1, -0.05) is 94.3 Å². The maximum absolute atomic E-state index is 4.33. The predicted molar refractivity (Wildman–Crippen MR) is 127 cm³/mol. The van der Waals surface area contributed by atoms with Crippen molar-refractivity contribution in [3.05, 3.63) is 107 Å². The Labute approximate surface area is 169 Å². The summed E-state index contributed by atoms with van der Waals surface area (Å²) in [6.45, 7) is 15.0. The highest BCUT2D eigenvalue weighted by atomic mass is 14.4. The first-order chi connectivity index (χ1) is 13.4. The second-order valence-electron chi connectivity index (χ2n) is 8.68. The zero-order chi connectivity index (χ0) is 19.6. The lowest BCUT2D eigenvalue weighted by Gasteiger charge is -2.29. The number of hydrogen-bond donors (Lipinski definition) is 0. The summed E-state index contributed by atoms with van der Waals surface area (Å²) in [7, 11) is 1.98. The largest absolute Gasteiger partial charge is 0.193 e. The summed E-state index contributed by atoms with van der Waals surface area (Å²) >= 11 is 0. The summed E-state index contributed by atoms with van der Waals surface area (Å²) in [5.74, 6) is 0. The van der Waals surface area contributed by atoms with Crippen LogP contribution in [-0.4, -0.2) is 14.6 Å². The Morgan fingerprint density at radius 3 is 2.50 bits per heavy atom. The molecule has 1 aromatic carbocycles. The Bertz CT molecular complexity index is 1160. The normalized spacial score (nSPS) is 25.6. The zero-order valence-electron chi connectivity index (χ0n) is 17.0. The monoisotopic (exact) mass is 358 g/mol. The molecule has 2 heteroatoms. The molecular formula is C26H24B2. The lowest BCUT2D eigenvalue weighted by Crippen LogP contribution is -2.35. The molecule has 1 atom stereocenters. The molecule has 0 saturated carbocycles. The average Bonchev–Trinajstić information content (AvgIpc) is 3.17. The van der Waals surface area contributed by atoms with Crippen LogP contribution < -0.4 is 10.9 Å². The van der Waals surface area contributed by atoms with Gasteiger partial charge in [-0.05, 0) is 48.6 Å². The van der Waals surface area contributed by atoms with Crippen molar-refractivity contribution in [2.45, 2.75) is 20.8 Å². The second-order valence-corrected chi connectivity index (χ2v) is 8.68. The van der Waals surface area contributed by atoms with Crippen molar-refractivity contribution in [1.82, 2.24) is 0 Å². The minimum absolute atomic E-state index is 0.0457. The van der Waals surface area contributed by atoms with E-state index >= 15 is 0 Å². The Hall–Kier alpha value is -2.73. The summed E-state index contributed by atoms with van der Waals surface area (Å²) in [6.07, 6.45) is 15.7. The summed E-state index contributed by atoms with van der Waals surface area (Å²) in [5.41, 5.74) is 15.3. The molecule has 0 bridgehead atoms. The van der Waals surface area contributed by atoms with Crippen molar-refractivity contribution in [3.63, 3.8) is 0 Å². The van der Waals surface area contributed by atoms with Crippen LogP contribution in [0.25, 0.3) is 11.1 Å². The molecule has 0 amide bonds. The van der Waals surface area contributed by atoms with Gasteiger partial charge in [0.1, 0.15) is 0 Å². The van der Waals surface area contributed by atoms with Crippen LogP contribution in [0.15, 0.2) is 95.5 Å². The number of rotatable bonds is 1. The Kier molecular flexibility index (Phi) is 3.65. The first-order valence-corrected chi connectivity index (χ1v) is 10.1. The van der Waals surface area contributed by atoms with E-state index in [4.69, 9.17) is 0 Å². The van der Waals surface area contributed by atoms with Gasteiger partial charge in [0.15, 0.2) is 14.6 Å². The van der Waals surface area contributed by atoms with Gasteiger partial charge in [0.05, 0.1) is 0 Å². The van der Waals surface area contributed by atoms with Crippen LogP contribution in [-0.2, 0) is 0 Å². The van der Waals surface area contributed by atoms with E-state index in [1.807, 2.05) is 6.08 Å². The Balaban J connectivity index is 1.82. The highest BCUT2D eigenvalue weighted by molar-refractivity contribution is 6.80. The number of hydrogen-bond acceptors (Lipinski definition) is 0. The molecule has 134 valence electrons. The van der Waals surface area contributed by atoms with Crippen molar-refractivity contribution in [2.75, 3.05) is 0 Å². The summed E-state index contributed by atoms with van der Waals surface area (Å²) in [5, 5.41) is 0. The molecule has 1 aromatic rings. The summed E-state index contributed by atoms with van der Waals surface area (Å²) < 4.78 is 0. The van der Waals surface area contributed by atoms with Crippen LogP contribution in [0.1, 0.15) is 31.9 Å². The van der Waals surface area contributed by atoms with Gasteiger partial charge in [0.2, 0.25) is 0 Å². The summed E-state index contributed by atoms with van der Waals surface area (Å²) in [4.78, 5) is 0. The van der Waals surface area contributed by atoms with Gasteiger partial charge in [-0.15, -0.1) is 6.58 Å². The van der Waals surface area contributed by atoms with E-state index in [9.17, 15) is 0 Å². The molecule has 0 aromatic heterocycles. The van der Waals surface area contributed by atoms with Gasteiger partial charge in [-0.3, -0.25) is 0 Å². The lowest BCUT2D eigenvalue weighted by atomic mass is 9.57. The van der Waals surface area contributed by atoms with Gasteiger partial charge >= 0.3 is 0 Å². The first-order valence-electron chi connectivity index (χ1n) is 10.1. The van der Waals surface area contributed by atoms with Crippen molar-refractivity contribution in [1.29, 1.82) is 0 Å². The molecule has 2 heterocycles. The van der Waals surface area contributed by atoms with E-state index < -0.39 is 0 Å². The third-order valence-corrected chi connectivity index (χ3v) is 6.77. The maximum Gasteiger partial charge on any atom is 0.193 e. The predicted octanol–water partition coefficient (Wildman–Crippen LogP) is 4.04. The van der Waals surface area contributed by atoms with Gasteiger partial charge in [-0.2, -0.15) is 0 Å². The van der Waals surface area contributed by atoms with Crippen LogP contribution in [0.3, 0.4) is 0 Å². The fraction of sp³-hybridized carbons (Fsp3) is 0.154. The van der Waals surface area contributed by atoms with E-state index in [0.29, 0.717) is 0 Å². The molecule has 28 heavy (non-hydrogen) atoms. The number of allylic oxidation sites excluding steroid dienone is 14. The van der Waals surface area contributed by atoms with Crippen molar-refractivity contribution in [2.24, 2.45) is 5.41 Å². The van der Waals surface area contributed by atoms with Crippen LogP contribution in [0.4, 0.5) is 0 Å². The van der Waals surface area contributed by atoms with E-state index in [-0.39, 0.29) is 5.41 Å². The standard InChI is InChI=1S/C26H24B2/c1-6-7-18-17(4)27-24-19(18)8-9-20-22-21-14-15(2)10-12-26(21,5)13-11-16(3)23(22)28-25(20)24/h6-14,27-28H,1,4H2,2-3,5H3/b18-7+/t26-/m0/s1. The number of benzene rings is 1. The SMILES string of the molecule is C=C/C=C1\C(=C)Bc2c1ccc1c2BC2=C(C)C=C[C@]3(C)C=CC(C)=CC3=C21. The van der Waals surface area contributed by atoms with Crippen LogP contribution in [0.2, 0.25) is 0 Å². The highest BCUT2D eigenvalue weighted by Crippen LogP contribution is 2.47. The highest BCUT2D eigenvalue weighted by Gasteiger charge is 2.37. The third kappa shape index (κ3) is 2.27. The lowest BCUT2D eigenvalue weighted by molar-refractivity contribution is 0.676. The smallest absolute Gasteiger partial charge is 0.104 e. The van der Waals surface area contributed by atoms with Gasteiger partial charge < -0.3 is 0 Å². The molecule has 4 aliphatic rings. The van der Waals surface area contributed by atoms with Gasteiger partial charge in [0, 0.05) is 5.41 Å². The van der Waals surface area contributed by atoms with Crippen molar-refractivity contribution < 1.29 is 0 Å². The van der Waals surface area contributed by atoms with Gasteiger partial charge in [-0.25, -0.2) is 0 Å². The van der Waals surface area contributed by atoms with Crippen molar-refractivity contribution >= 4 is 36.6 Å². The van der Waals surface area contributed by atoms with Crippen LogP contribution in [0, 0.1) is 5.41 Å². The molecule has 0 N–H and O–H groups in total. The maximum atomic E-state index is 4.33. The van der Waals surface area contributed by atoms with Crippen molar-refractivity contribution in [3.8, 4) is 0 Å². The molecule has 0 radical (unpaired) electrons. The Morgan fingerprint density at radius 2 is 1.71 bits per heavy atom. The minimum Gasteiger partial charge on any atom is -0.104 e. The molecule has 0 spiro atoms.